The van der Waals surface area contributed by atoms with Crippen LogP contribution in [0.2, 0.25) is 0 Å². The van der Waals surface area contributed by atoms with Crippen LogP contribution in [0.15, 0.2) is 54.6 Å². The van der Waals surface area contributed by atoms with E-state index in [1.165, 1.54) is 0 Å². The largest absolute Gasteiger partial charge is 0.481 e. The van der Waals surface area contributed by atoms with Gasteiger partial charge >= 0.3 is 5.97 Å². The molecule has 0 saturated heterocycles. The maximum Gasteiger partial charge on any atom is 0.308 e. The number of hydrogen-bond donors (Lipinski definition) is 3. The Morgan fingerprint density at radius 1 is 1.00 bits per heavy atom. The third-order valence-corrected chi connectivity index (χ3v) is 4.28. The summed E-state index contributed by atoms with van der Waals surface area (Å²) in [6.45, 7) is 0.0847. The van der Waals surface area contributed by atoms with Gasteiger partial charge in [-0.25, -0.2) is 0 Å². The first-order valence-electron chi connectivity index (χ1n) is 8.84. The summed E-state index contributed by atoms with van der Waals surface area (Å²) in [4.78, 5) is 35.2. The topological polar surface area (TPSA) is 95.5 Å². The average molecular weight is 368 g/mol. The number of benzene rings is 2. The zero-order valence-corrected chi connectivity index (χ0v) is 15.3. The Labute approximate surface area is 158 Å². The molecule has 27 heavy (non-hydrogen) atoms. The van der Waals surface area contributed by atoms with Gasteiger partial charge in [-0.3, -0.25) is 14.4 Å². The molecule has 0 aliphatic rings. The summed E-state index contributed by atoms with van der Waals surface area (Å²) in [6.07, 6.45) is 1.08. The molecule has 142 valence electrons. The van der Waals surface area contributed by atoms with E-state index in [2.05, 4.69) is 10.6 Å². The number of carbonyl (C=O) groups is 3. The van der Waals surface area contributed by atoms with Gasteiger partial charge in [0.15, 0.2) is 0 Å². The molecule has 2 rings (SSSR count). The van der Waals surface area contributed by atoms with E-state index in [1.54, 1.807) is 25.2 Å². The minimum atomic E-state index is -0.933. The minimum absolute atomic E-state index is 0.0847. The highest BCUT2D eigenvalue weighted by molar-refractivity contribution is 5.94. The fourth-order valence-electron chi connectivity index (χ4n) is 2.74. The van der Waals surface area contributed by atoms with Crippen LogP contribution in [0.3, 0.4) is 0 Å². The van der Waals surface area contributed by atoms with Crippen molar-refractivity contribution < 1.29 is 19.5 Å². The van der Waals surface area contributed by atoms with Gasteiger partial charge in [0.05, 0.1) is 5.92 Å². The molecule has 2 aromatic carbocycles. The minimum Gasteiger partial charge on any atom is -0.481 e. The predicted octanol–water partition coefficient (Wildman–Crippen LogP) is 2.04. The van der Waals surface area contributed by atoms with Crippen LogP contribution in [0, 0.1) is 5.92 Å². The summed E-state index contributed by atoms with van der Waals surface area (Å²) < 4.78 is 0. The third-order valence-electron chi connectivity index (χ3n) is 4.28. The molecule has 0 heterocycles. The summed E-state index contributed by atoms with van der Waals surface area (Å²) in [6, 6.07) is 16.4. The van der Waals surface area contributed by atoms with Crippen LogP contribution >= 0.6 is 0 Å². The van der Waals surface area contributed by atoms with Gasteiger partial charge in [-0.05, 0) is 36.1 Å². The molecular formula is C21H24N2O4. The summed E-state index contributed by atoms with van der Waals surface area (Å²) in [5, 5.41) is 14.6. The van der Waals surface area contributed by atoms with Crippen molar-refractivity contribution in [3.8, 4) is 0 Å². The Balaban J connectivity index is 1.84. The Morgan fingerprint density at radius 3 is 2.37 bits per heavy atom. The fourth-order valence-corrected chi connectivity index (χ4v) is 2.74. The molecular weight excluding hydrogens is 344 g/mol. The number of rotatable bonds is 9. The molecule has 3 N–H and O–H groups in total. The monoisotopic (exact) mass is 368 g/mol. The van der Waals surface area contributed by atoms with Gasteiger partial charge in [-0.1, -0.05) is 42.5 Å². The third kappa shape index (κ3) is 6.58. The molecule has 1 unspecified atom stereocenters. The second-order valence-electron chi connectivity index (χ2n) is 6.31. The second kappa shape index (κ2) is 10.1. The first-order valence-corrected chi connectivity index (χ1v) is 8.84. The highest BCUT2D eigenvalue weighted by Gasteiger charge is 2.19. The average Bonchev–Trinajstić information content (AvgIpc) is 2.69. The van der Waals surface area contributed by atoms with Gasteiger partial charge in [0, 0.05) is 25.6 Å². The number of amides is 2. The number of hydrogen-bond acceptors (Lipinski definition) is 3. The molecule has 0 spiro atoms. The zero-order valence-electron chi connectivity index (χ0n) is 15.3. The number of carbonyl (C=O) groups excluding carboxylic acids is 2. The molecule has 0 aliphatic carbocycles. The van der Waals surface area contributed by atoms with Crippen molar-refractivity contribution in [3.63, 3.8) is 0 Å². The van der Waals surface area contributed by atoms with Crippen LogP contribution in [0.5, 0.6) is 0 Å². The smallest absolute Gasteiger partial charge is 0.308 e. The van der Waals surface area contributed by atoms with E-state index < -0.39 is 11.9 Å². The summed E-state index contributed by atoms with van der Waals surface area (Å²) >= 11 is 0. The number of aryl methyl sites for hydroxylation is 1. The van der Waals surface area contributed by atoms with Crippen molar-refractivity contribution in [3.05, 3.63) is 71.3 Å². The first kappa shape index (κ1) is 20.2. The molecule has 0 radical (unpaired) electrons. The summed E-state index contributed by atoms with van der Waals surface area (Å²) in [5.74, 6) is -1.99. The number of carboxylic acid groups (broad SMARTS) is 1. The fraction of sp³-hybridized carbons (Fsp3) is 0.286. The maximum absolute atomic E-state index is 12.1. The van der Waals surface area contributed by atoms with Crippen LogP contribution in [-0.2, 0) is 22.4 Å². The Kier molecular flexibility index (Phi) is 7.55. The van der Waals surface area contributed by atoms with Gasteiger partial charge in [0.2, 0.25) is 5.91 Å². The predicted molar refractivity (Wildman–Crippen MR) is 102 cm³/mol. The molecule has 0 bridgehead atoms. The number of carboxylic acids is 1. The number of nitrogens with one attached hydrogen (secondary N) is 2. The summed E-state index contributed by atoms with van der Waals surface area (Å²) in [7, 11) is 1.57. The number of aliphatic carboxylic acids is 1. The summed E-state index contributed by atoms with van der Waals surface area (Å²) in [5.41, 5.74) is 2.35. The van der Waals surface area contributed by atoms with E-state index in [-0.39, 0.29) is 24.8 Å². The standard InChI is InChI=1S/C21H24N2O4/c1-22-20(25)17-9-5-8-16(12-17)10-11-19(24)23-14-18(21(26)27)13-15-6-3-2-4-7-15/h2-9,12,18H,10-11,13-14H2,1H3,(H,22,25)(H,23,24)(H,26,27). The lowest BCUT2D eigenvalue weighted by molar-refractivity contribution is -0.141. The van der Waals surface area contributed by atoms with Crippen LogP contribution in [-0.4, -0.2) is 36.5 Å². The lowest BCUT2D eigenvalue weighted by atomic mass is 9.99. The molecule has 0 saturated carbocycles. The van der Waals surface area contributed by atoms with Crippen LogP contribution in [0.1, 0.15) is 27.9 Å². The molecule has 2 aromatic rings. The van der Waals surface area contributed by atoms with Gasteiger partial charge in [-0.15, -0.1) is 0 Å². The van der Waals surface area contributed by atoms with E-state index >= 15 is 0 Å². The molecule has 0 aliphatic heterocycles. The van der Waals surface area contributed by atoms with Gasteiger partial charge < -0.3 is 15.7 Å². The first-order chi connectivity index (χ1) is 13.0. The van der Waals surface area contributed by atoms with Crippen molar-refractivity contribution in [1.82, 2.24) is 10.6 Å². The lowest BCUT2D eigenvalue weighted by Crippen LogP contribution is -2.34. The highest BCUT2D eigenvalue weighted by atomic mass is 16.4. The molecule has 0 fully saturated rings. The molecule has 1 atom stereocenters. The van der Waals surface area contributed by atoms with E-state index in [9.17, 15) is 19.5 Å². The van der Waals surface area contributed by atoms with E-state index in [1.807, 2.05) is 36.4 Å². The van der Waals surface area contributed by atoms with Crippen molar-refractivity contribution in [2.75, 3.05) is 13.6 Å². The molecule has 6 nitrogen and oxygen atoms in total. The van der Waals surface area contributed by atoms with E-state index in [0.717, 1.165) is 11.1 Å². The van der Waals surface area contributed by atoms with Crippen LogP contribution in [0.25, 0.3) is 0 Å². The van der Waals surface area contributed by atoms with Crippen LogP contribution < -0.4 is 10.6 Å². The van der Waals surface area contributed by atoms with Crippen LogP contribution in [0.4, 0.5) is 0 Å². The van der Waals surface area contributed by atoms with Crippen molar-refractivity contribution >= 4 is 17.8 Å². The molecule has 2 amide bonds. The molecule has 0 aromatic heterocycles. The Morgan fingerprint density at radius 2 is 1.70 bits per heavy atom. The Bertz CT molecular complexity index is 790. The highest BCUT2D eigenvalue weighted by Crippen LogP contribution is 2.10. The second-order valence-corrected chi connectivity index (χ2v) is 6.31. The zero-order chi connectivity index (χ0) is 19.6. The molecule has 6 heteroatoms. The van der Waals surface area contributed by atoms with Gasteiger partial charge in [-0.2, -0.15) is 0 Å². The SMILES string of the molecule is CNC(=O)c1cccc(CCC(=O)NCC(Cc2ccccc2)C(=O)O)c1. The normalized spacial score (nSPS) is 11.4. The van der Waals surface area contributed by atoms with Crippen molar-refractivity contribution in [1.29, 1.82) is 0 Å². The van der Waals surface area contributed by atoms with Crippen molar-refractivity contribution in [2.45, 2.75) is 19.3 Å². The van der Waals surface area contributed by atoms with Crippen molar-refractivity contribution in [2.24, 2.45) is 5.92 Å². The Hall–Kier alpha value is -3.15. The maximum atomic E-state index is 12.1. The van der Waals surface area contributed by atoms with E-state index in [0.29, 0.717) is 18.4 Å². The van der Waals surface area contributed by atoms with Gasteiger partial charge in [0.1, 0.15) is 0 Å². The lowest BCUT2D eigenvalue weighted by Gasteiger charge is -2.13. The van der Waals surface area contributed by atoms with E-state index in [4.69, 9.17) is 0 Å². The quantitative estimate of drug-likeness (QED) is 0.631. The van der Waals surface area contributed by atoms with Gasteiger partial charge in [0.25, 0.3) is 5.91 Å².